The van der Waals surface area contributed by atoms with Crippen LogP contribution < -0.4 is 15.2 Å². The van der Waals surface area contributed by atoms with E-state index in [0.717, 1.165) is 22.7 Å². The average molecular weight is 229 g/mol. The number of ether oxygens (including phenoxy) is 2. The van der Waals surface area contributed by atoms with Crippen molar-refractivity contribution in [3.63, 3.8) is 0 Å². The minimum Gasteiger partial charge on any atom is -0.497 e. The number of para-hydroxylation sites is 1. The first-order valence-corrected chi connectivity index (χ1v) is 5.40. The fourth-order valence-corrected chi connectivity index (χ4v) is 1.50. The molecule has 0 aliphatic rings. The molecular weight excluding hydrogens is 214 g/mol. The quantitative estimate of drug-likeness (QED) is 0.820. The van der Waals surface area contributed by atoms with Crippen molar-refractivity contribution in [2.75, 3.05) is 12.8 Å². The second-order valence-corrected chi connectivity index (χ2v) is 3.66. The number of hydrogen-bond acceptors (Lipinski definition) is 3. The molecule has 0 bridgehead atoms. The van der Waals surface area contributed by atoms with Crippen LogP contribution in [0.1, 0.15) is 5.56 Å². The predicted octanol–water partition coefficient (Wildman–Crippen LogP) is 2.86. The Hall–Kier alpha value is -2.16. The fourth-order valence-electron chi connectivity index (χ4n) is 1.50. The summed E-state index contributed by atoms with van der Waals surface area (Å²) < 4.78 is 10.7. The molecule has 0 aromatic heterocycles. The third-order valence-electron chi connectivity index (χ3n) is 2.51. The molecule has 3 heteroatoms. The Kier molecular flexibility index (Phi) is 3.50. The Morgan fingerprint density at radius 1 is 0.941 bits per heavy atom. The predicted molar refractivity (Wildman–Crippen MR) is 68.2 cm³/mol. The van der Waals surface area contributed by atoms with E-state index in [1.165, 1.54) is 0 Å². The average Bonchev–Trinajstić information content (AvgIpc) is 2.38. The number of anilines is 1. The maximum atomic E-state index is 5.83. The molecular formula is C14H15NO2. The van der Waals surface area contributed by atoms with Crippen molar-refractivity contribution in [2.45, 2.75) is 6.61 Å². The molecule has 0 saturated carbocycles. The van der Waals surface area contributed by atoms with E-state index in [0.29, 0.717) is 6.61 Å². The summed E-state index contributed by atoms with van der Waals surface area (Å²) in [6.07, 6.45) is 0. The Morgan fingerprint density at radius 2 is 1.59 bits per heavy atom. The van der Waals surface area contributed by atoms with E-state index in [1.807, 2.05) is 48.5 Å². The highest BCUT2D eigenvalue weighted by Gasteiger charge is 1.99. The summed E-state index contributed by atoms with van der Waals surface area (Å²) in [5.74, 6) is 1.62. The molecule has 2 aromatic carbocycles. The van der Waals surface area contributed by atoms with E-state index in [9.17, 15) is 0 Å². The van der Waals surface area contributed by atoms with Gasteiger partial charge < -0.3 is 15.2 Å². The highest BCUT2D eigenvalue weighted by molar-refractivity contribution is 5.46. The van der Waals surface area contributed by atoms with Crippen molar-refractivity contribution in [3.05, 3.63) is 54.1 Å². The van der Waals surface area contributed by atoms with Gasteiger partial charge in [0.25, 0.3) is 0 Å². The van der Waals surface area contributed by atoms with Crippen molar-refractivity contribution >= 4 is 5.69 Å². The number of hydrogen-bond donors (Lipinski definition) is 1. The smallest absolute Gasteiger partial charge is 0.120 e. The molecule has 0 fully saturated rings. The summed E-state index contributed by atoms with van der Waals surface area (Å²) in [7, 11) is 1.64. The molecule has 2 aromatic rings. The summed E-state index contributed by atoms with van der Waals surface area (Å²) in [6.45, 7) is 0.471. The molecule has 0 unspecified atom stereocenters. The molecule has 2 N–H and O–H groups in total. The second-order valence-electron chi connectivity index (χ2n) is 3.66. The molecule has 0 aliphatic heterocycles. The lowest BCUT2D eigenvalue weighted by Gasteiger charge is -2.08. The number of benzene rings is 2. The van der Waals surface area contributed by atoms with Crippen LogP contribution in [0.15, 0.2) is 48.5 Å². The first-order valence-electron chi connectivity index (χ1n) is 5.40. The van der Waals surface area contributed by atoms with Gasteiger partial charge in [-0.2, -0.15) is 0 Å². The molecule has 0 aliphatic carbocycles. The van der Waals surface area contributed by atoms with E-state index in [2.05, 4.69) is 0 Å². The second kappa shape index (κ2) is 5.25. The van der Waals surface area contributed by atoms with Gasteiger partial charge in [-0.05, 0) is 30.3 Å². The van der Waals surface area contributed by atoms with Gasteiger partial charge in [0, 0.05) is 11.3 Å². The first kappa shape index (κ1) is 11.3. The van der Waals surface area contributed by atoms with Crippen LogP contribution in [0.5, 0.6) is 11.5 Å². The zero-order valence-electron chi connectivity index (χ0n) is 9.72. The minimum absolute atomic E-state index is 0.471. The molecule has 3 nitrogen and oxygen atoms in total. The van der Waals surface area contributed by atoms with Crippen molar-refractivity contribution < 1.29 is 9.47 Å². The van der Waals surface area contributed by atoms with Crippen molar-refractivity contribution in [3.8, 4) is 11.5 Å². The third kappa shape index (κ3) is 2.91. The summed E-state index contributed by atoms with van der Waals surface area (Å²) in [6, 6.07) is 15.2. The summed E-state index contributed by atoms with van der Waals surface area (Å²) in [5.41, 5.74) is 7.57. The number of nitrogen functional groups attached to an aromatic ring is 1. The van der Waals surface area contributed by atoms with Crippen molar-refractivity contribution in [1.82, 2.24) is 0 Å². The fraction of sp³-hybridized carbons (Fsp3) is 0.143. The van der Waals surface area contributed by atoms with E-state index in [-0.39, 0.29) is 0 Å². The largest absolute Gasteiger partial charge is 0.497 e. The summed E-state index contributed by atoms with van der Waals surface area (Å²) in [5, 5.41) is 0. The molecule has 2 rings (SSSR count). The highest BCUT2D eigenvalue weighted by Crippen LogP contribution is 2.19. The molecule has 0 heterocycles. The number of methoxy groups -OCH3 is 1. The molecule has 88 valence electrons. The maximum absolute atomic E-state index is 5.83. The van der Waals surface area contributed by atoms with Crippen LogP contribution in [0, 0.1) is 0 Å². The van der Waals surface area contributed by atoms with E-state index >= 15 is 0 Å². The van der Waals surface area contributed by atoms with Crippen LogP contribution >= 0.6 is 0 Å². The van der Waals surface area contributed by atoms with Crippen LogP contribution in [0.25, 0.3) is 0 Å². The van der Waals surface area contributed by atoms with Gasteiger partial charge in [-0.25, -0.2) is 0 Å². The van der Waals surface area contributed by atoms with Gasteiger partial charge in [-0.15, -0.1) is 0 Å². The maximum Gasteiger partial charge on any atom is 0.120 e. The SMILES string of the molecule is COc1ccc(OCc2ccccc2N)cc1. The Labute approximate surface area is 101 Å². The third-order valence-corrected chi connectivity index (χ3v) is 2.51. The number of nitrogens with two attached hydrogens (primary N) is 1. The highest BCUT2D eigenvalue weighted by atomic mass is 16.5. The Balaban J connectivity index is 2.00. The summed E-state index contributed by atoms with van der Waals surface area (Å²) >= 11 is 0. The molecule has 0 spiro atoms. The Bertz CT molecular complexity index is 480. The van der Waals surface area contributed by atoms with E-state index in [1.54, 1.807) is 7.11 Å². The molecule has 17 heavy (non-hydrogen) atoms. The molecule has 0 atom stereocenters. The van der Waals surface area contributed by atoms with E-state index in [4.69, 9.17) is 15.2 Å². The van der Waals surface area contributed by atoms with Gasteiger partial charge in [-0.1, -0.05) is 18.2 Å². The van der Waals surface area contributed by atoms with Gasteiger partial charge in [0.05, 0.1) is 7.11 Å². The molecule has 0 radical (unpaired) electrons. The van der Waals surface area contributed by atoms with Crippen molar-refractivity contribution in [1.29, 1.82) is 0 Å². The van der Waals surface area contributed by atoms with Crippen LogP contribution in [0.2, 0.25) is 0 Å². The van der Waals surface area contributed by atoms with E-state index < -0.39 is 0 Å². The van der Waals surface area contributed by atoms with Gasteiger partial charge in [0.1, 0.15) is 18.1 Å². The van der Waals surface area contributed by atoms with Gasteiger partial charge >= 0.3 is 0 Å². The van der Waals surface area contributed by atoms with Gasteiger partial charge in [0.15, 0.2) is 0 Å². The topological polar surface area (TPSA) is 44.5 Å². The molecule has 0 saturated heterocycles. The zero-order valence-corrected chi connectivity index (χ0v) is 9.72. The Morgan fingerprint density at radius 3 is 2.24 bits per heavy atom. The minimum atomic E-state index is 0.471. The normalized spacial score (nSPS) is 9.94. The lowest BCUT2D eigenvalue weighted by Crippen LogP contribution is -1.99. The van der Waals surface area contributed by atoms with Crippen LogP contribution in [0.4, 0.5) is 5.69 Å². The summed E-state index contributed by atoms with van der Waals surface area (Å²) in [4.78, 5) is 0. The standard InChI is InChI=1S/C14H15NO2/c1-16-12-6-8-13(9-7-12)17-10-11-4-2-3-5-14(11)15/h2-9H,10,15H2,1H3. The molecule has 0 amide bonds. The van der Waals surface area contributed by atoms with Crippen molar-refractivity contribution in [2.24, 2.45) is 0 Å². The zero-order chi connectivity index (χ0) is 12.1. The van der Waals surface area contributed by atoms with Gasteiger partial charge in [-0.3, -0.25) is 0 Å². The monoisotopic (exact) mass is 229 g/mol. The van der Waals surface area contributed by atoms with Crippen LogP contribution in [0.3, 0.4) is 0 Å². The lowest BCUT2D eigenvalue weighted by atomic mass is 10.2. The van der Waals surface area contributed by atoms with Gasteiger partial charge in [0.2, 0.25) is 0 Å². The van der Waals surface area contributed by atoms with Crippen LogP contribution in [-0.2, 0) is 6.61 Å². The first-order chi connectivity index (χ1) is 8.29. The van der Waals surface area contributed by atoms with Crippen LogP contribution in [-0.4, -0.2) is 7.11 Å². The number of rotatable bonds is 4. The lowest BCUT2D eigenvalue weighted by molar-refractivity contribution is 0.306.